The molecular weight excluding hydrogens is 244 g/mol. The summed E-state index contributed by atoms with van der Waals surface area (Å²) in [5.41, 5.74) is -0.485. The third-order valence-electron chi connectivity index (χ3n) is 3.71. The van der Waals surface area contributed by atoms with Gasteiger partial charge in [0.15, 0.2) is 0 Å². The van der Waals surface area contributed by atoms with Crippen LogP contribution in [0.15, 0.2) is 0 Å². The number of carbonyl (C=O) groups is 1. The first-order valence-corrected chi connectivity index (χ1v) is 7.04. The topological polar surface area (TPSA) is 90.9 Å². The molecule has 1 aromatic heterocycles. The van der Waals surface area contributed by atoms with Crippen molar-refractivity contribution >= 4 is 5.91 Å². The van der Waals surface area contributed by atoms with Gasteiger partial charge in [0.2, 0.25) is 5.82 Å². The number of hydrogen-bond donors (Lipinski definition) is 3. The number of amides is 1. The van der Waals surface area contributed by atoms with Crippen molar-refractivity contribution in [2.75, 3.05) is 6.61 Å². The Hall–Kier alpha value is -1.43. The summed E-state index contributed by atoms with van der Waals surface area (Å²) in [6.07, 6.45) is 6.62. The highest BCUT2D eigenvalue weighted by Crippen LogP contribution is 2.27. The SMILES string of the molecule is CCCc1nc(C(=O)NC2(CO)CCCCC2)n[nH]1. The molecule has 0 spiro atoms. The summed E-state index contributed by atoms with van der Waals surface area (Å²) in [5.74, 6) is 0.603. The van der Waals surface area contributed by atoms with Gasteiger partial charge in [-0.05, 0) is 19.3 Å². The number of aromatic nitrogens is 3. The van der Waals surface area contributed by atoms with E-state index in [-0.39, 0.29) is 18.3 Å². The Kier molecular flexibility index (Phi) is 4.52. The number of nitrogens with zero attached hydrogens (tertiary/aromatic N) is 2. The van der Waals surface area contributed by atoms with Gasteiger partial charge in [-0.2, -0.15) is 0 Å². The Labute approximate surface area is 113 Å². The molecule has 2 rings (SSSR count). The molecule has 1 heterocycles. The van der Waals surface area contributed by atoms with E-state index in [0.717, 1.165) is 44.3 Å². The van der Waals surface area contributed by atoms with Gasteiger partial charge in [0.25, 0.3) is 5.91 Å². The molecule has 1 fully saturated rings. The van der Waals surface area contributed by atoms with Crippen LogP contribution in [0, 0.1) is 0 Å². The standard InChI is InChI=1S/C13H22N4O2/c1-2-6-10-14-11(17-16-10)12(19)15-13(9-18)7-4-3-5-8-13/h18H,2-9H2,1H3,(H,15,19)(H,14,16,17). The van der Waals surface area contributed by atoms with Gasteiger partial charge in [0.1, 0.15) is 5.82 Å². The van der Waals surface area contributed by atoms with E-state index in [1.165, 1.54) is 6.42 Å². The molecule has 3 N–H and O–H groups in total. The van der Waals surface area contributed by atoms with Crippen LogP contribution in [0.3, 0.4) is 0 Å². The van der Waals surface area contributed by atoms with Crippen molar-refractivity contribution in [2.24, 2.45) is 0 Å². The molecule has 0 atom stereocenters. The van der Waals surface area contributed by atoms with Crippen LogP contribution in [0.2, 0.25) is 0 Å². The van der Waals surface area contributed by atoms with Gasteiger partial charge < -0.3 is 10.4 Å². The highest BCUT2D eigenvalue weighted by molar-refractivity contribution is 5.90. The minimum atomic E-state index is -0.485. The fourth-order valence-electron chi connectivity index (χ4n) is 2.59. The molecule has 1 aromatic rings. The molecule has 0 saturated heterocycles. The van der Waals surface area contributed by atoms with E-state index in [4.69, 9.17) is 0 Å². The third kappa shape index (κ3) is 3.32. The van der Waals surface area contributed by atoms with E-state index >= 15 is 0 Å². The first-order valence-electron chi connectivity index (χ1n) is 7.04. The molecule has 1 amide bonds. The van der Waals surface area contributed by atoms with Crippen molar-refractivity contribution in [3.05, 3.63) is 11.6 Å². The molecule has 6 nitrogen and oxygen atoms in total. The zero-order chi connectivity index (χ0) is 13.7. The Morgan fingerprint density at radius 2 is 2.16 bits per heavy atom. The molecule has 0 radical (unpaired) electrons. The smallest absolute Gasteiger partial charge is 0.291 e. The van der Waals surface area contributed by atoms with Gasteiger partial charge in [0.05, 0.1) is 12.1 Å². The highest BCUT2D eigenvalue weighted by Gasteiger charge is 2.34. The maximum Gasteiger partial charge on any atom is 0.291 e. The average Bonchev–Trinajstić information content (AvgIpc) is 2.89. The Bertz CT molecular complexity index is 424. The van der Waals surface area contributed by atoms with Gasteiger partial charge in [-0.1, -0.05) is 26.2 Å². The lowest BCUT2D eigenvalue weighted by Gasteiger charge is -2.36. The zero-order valence-corrected chi connectivity index (χ0v) is 11.4. The number of aliphatic hydroxyl groups is 1. The fourth-order valence-corrected chi connectivity index (χ4v) is 2.59. The number of H-pyrrole nitrogens is 1. The number of hydrogen-bond acceptors (Lipinski definition) is 4. The normalized spacial score (nSPS) is 18.2. The molecule has 0 unspecified atom stereocenters. The Morgan fingerprint density at radius 1 is 1.42 bits per heavy atom. The van der Waals surface area contributed by atoms with Gasteiger partial charge in [0, 0.05) is 6.42 Å². The lowest BCUT2D eigenvalue weighted by Crippen LogP contribution is -2.52. The van der Waals surface area contributed by atoms with E-state index in [0.29, 0.717) is 0 Å². The summed E-state index contributed by atoms with van der Waals surface area (Å²) in [4.78, 5) is 16.3. The minimum absolute atomic E-state index is 0.0228. The second kappa shape index (κ2) is 6.14. The summed E-state index contributed by atoms with van der Waals surface area (Å²) in [6.45, 7) is 2.02. The van der Waals surface area contributed by atoms with Crippen LogP contribution in [0.4, 0.5) is 0 Å². The molecule has 6 heteroatoms. The van der Waals surface area contributed by atoms with Crippen LogP contribution in [0.1, 0.15) is 61.9 Å². The maximum absolute atomic E-state index is 12.1. The summed E-state index contributed by atoms with van der Waals surface area (Å²) in [7, 11) is 0. The number of carbonyl (C=O) groups excluding carboxylic acids is 1. The van der Waals surface area contributed by atoms with Crippen molar-refractivity contribution in [1.29, 1.82) is 0 Å². The van der Waals surface area contributed by atoms with Crippen molar-refractivity contribution in [3.63, 3.8) is 0 Å². The van der Waals surface area contributed by atoms with Crippen molar-refractivity contribution in [2.45, 2.75) is 57.4 Å². The van der Waals surface area contributed by atoms with Crippen LogP contribution in [0.25, 0.3) is 0 Å². The quantitative estimate of drug-likeness (QED) is 0.746. The average molecular weight is 266 g/mol. The van der Waals surface area contributed by atoms with Gasteiger partial charge >= 0.3 is 0 Å². The number of nitrogens with one attached hydrogen (secondary N) is 2. The molecule has 0 bridgehead atoms. The van der Waals surface area contributed by atoms with Gasteiger partial charge in [-0.3, -0.25) is 9.89 Å². The number of aryl methyl sites for hydroxylation is 1. The Morgan fingerprint density at radius 3 is 2.79 bits per heavy atom. The Balaban J connectivity index is 2.02. The minimum Gasteiger partial charge on any atom is -0.394 e. The van der Waals surface area contributed by atoms with Crippen molar-refractivity contribution in [1.82, 2.24) is 20.5 Å². The number of aliphatic hydroxyl groups excluding tert-OH is 1. The van der Waals surface area contributed by atoms with E-state index in [1.807, 2.05) is 6.92 Å². The van der Waals surface area contributed by atoms with E-state index in [1.54, 1.807) is 0 Å². The van der Waals surface area contributed by atoms with E-state index < -0.39 is 5.54 Å². The predicted molar refractivity (Wildman–Crippen MR) is 70.7 cm³/mol. The summed E-state index contributed by atoms with van der Waals surface area (Å²) in [6, 6.07) is 0. The summed E-state index contributed by atoms with van der Waals surface area (Å²) < 4.78 is 0. The third-order valence-corrected chi connectivity index (χ3v) is 3.71. The predicted octanol–water partition coefficient (Wildman–Crippen LogP) is 1.18. The van der Waals surface area contributed by atoms with Crippen LogP contribution in [0.5, 0.6) is 0 Å². The van der Waals surface area contributed by atoms with Gasteiger partial charge in [-0.25, -0.2) is 4.98 Å². The van der Waals surface area contributed by atoms with E-state index in [2.05, 4.69) is 20.5 Å². The number of aromatic amines is 1. The monoisotopic (exact) mass is 266 g/mol. The molecule has 106 valence electrons. The lowest BCUT2D eigenvalue weighted by atomic mass is 9.82. The molecule has 19 heavy (non-hydrogen) atoms. The molecule has 1 saturated carbocycles. The first kappa shape index (κ1) is 14.0. The molecule has 0 aliphatic heterocycles. The van der Waals surface area contributed by atoms with Gasteiger partial charge in [-0.15, -0.1) is 5.10 Å². The fraction of sp³-hybridized carbons (Fsp3) is 0.769. The first-order chi connectivity index (χ1) is 9.19. The highest BCUT2D eigenvalue weighted by atomic mass is 16.3. The lowest BCUT2D eigenvalue weighted by molar-refractivity contribution is 0.0749. The molecule has 1 aliphatic carbocycles. The second-order valence-electron chi connectivity index (χ2n) is 5.31. The van der Waals surface area contributed by atoms with Crippen molar-refractivity contribution in [3.8, 4) is 0 Å². The van der Waals surface area contributed by atoms with Crippen LogP contribution in [-0.2, 0) is 6.42 Å². The molecule has 1 aliphatic rings. The zero-order valence-electron chi connectivity index (χ0n) is 11.4. The summed E-state index contributed by atoms with van der Waals surface area (Å²) >= 11 is 0. The van der Waals surface area contributed by atoms with Crippen LogP contribution < -0.4 is 5.32 Å². The number of rotatable bonds is 5. The van der Waals surface area contributed by atoms with E-state index in [9.17, 15) is 9.90 Å². The van der Waals surface area contributed by atoms with Crippen LogP contribution in [-0.4, -0.2) is 38.3 Å². The largest absolute Gasteiger partial charge is 0.394 e. The second-order valence-corrected chi connectivity index (χ2v) is 5.31. The summed E-state index contributed by atoms with van der Waals surface area (Å²) in [5, 5.41) is 19.2. The van der Waals surface area contributed by atoms with Crippen LogP contribution >= 0.6 is 0 Å². The maximum atomic E-state index is 12.1. The molecular formula is C13H22N4O2. The molecule has 0 aromatic carbocycles. The van der Waals surface area contributed by atoms with Crippen molar-refractivity contribution < 1.29 is 9.90 Å².